The summed E-state index contributed by atoms with van der Waals surface area (Å²) in [4.78, 5) is 5.73. The Morgan fingerprint density at radius 3 is 2.20 bits per heavy atom. The fourth-order valence-corrected chi connectivity index (χ4v) is 8.50. The van der Waals surface area contributed by atoms with Crippen molar-refractivity contribution in [1.29, 1.82) is 0 Å². The molecule has 0 amide bonds. The maximum absolute atomic E-state index is 2.36. The van der Waals surface area contributed by atoms with Crippen LogP contribution in [0.3, 0.4) is 0 Å². The van der Waals surface area contributed by atoms with Crippen molar-refractivity contribution >= 4 is 88.2 Å². The molecule has 5 rings (SSSR count). The van der Waals surface area contributed by atoms with Gasteiger partial charge in [0, 0.05) is 28.9 Å². The maximum atomic E-state index is 2.36. The van der Waals surface area contributed by atoms with E-state index in [1.165, 1.54) is 57.7 Å². The van der Waals surface area contributed by atoms with Gasteiger partial charge < -0.3 is 0 Å². The Balaban J connectivity index is 0.00000106. The smallest absolute Gasteiger partial charge is 0.0595 e. The summed E-state index contributed by atoms with van der Waals surface area (Å²) in [5.41, 5.74) is 0. The van der Waals surface area contributed by atoms with Gasteiger partial charge in [0.05, 0.1) is 4.70 Å². The van der Waals surface area contributed by atoms with Gasteiger partial charge >= 0.3 is 0 Å². The lowest BCUT2D eigenvalue weighted by Gasteiger charge is -1.97. The van der Waals surface area contributed by atoms with E-state index in [0.717, 1.165) is 0 Å². The third-order valence-electron chi connectivity index (χ3n) is 4.91. The summed E-state index contributed by atoms with van der Waals surface area (Å²) in [5.74, 6) is 0. The molecule has 0 bridgehead atoms. The largest absolute Gasteiger partial charge is 0.138 e. The molecule has 0 fully saturated rings. The Morgan fingerprint density at radius 1 is 0.800 bits per heavy atom. The van der Waals surface area contributed by atoms with Crippen LogP contribution in [-0.2, 0) is 6.42 Å². The minimum absolute atomic E-state index is 1.20. The predicted octanol–water partition coefficient (Wildman–Crippen LogP) is 10.2. The second-order valence-corrected chi connectivity index (χ2v) is 11.0. The molecule has 0 spiro atoms. The van der Waals surface area contributed by atoms with E-state index in [9.17, 15) is 0 Å². The van der Waals surface area contributed by atoms with Gasteiger partial charge in [-0.25, -0.2) is 0 Å². The molecular weight excluding hydrogens is 441 g/mol. The van der Waals surface area contributed by atoms with E-state index < -0.39 is 0 Å². The van der Waals surface area contributed by atoms with Crippen LogP contribution in [0.1, 0.15) is 41.8 Å². The zero-order valence-corrected chi connectivity index (χ0v) is 21.1. The summed E-state index contributed by atoms with van der Waals surface area (Å²) >= 11 is 7.69. The standard InChI is InChI=1S/C24H20S4.C2H6/c1-3-6-20-23(25-2)24-22(28-20)14-19(27-24)10-9-18-12-17-11-15-7-4-5-8-16(15)13-21(17)26-18;1-2/h4-5,7-14H,3,6H2,1-2H3;1-2H3/b10-9+;. The molecule has 2 aromatic carbocycles. The quantitative estimate of drug-likeness (QED) is 0.232. The second-order valence-electron chi connectivity index (χ2n) is 6.87. The minimum Gasteiger partial charge on any atom is -0.138 e. The van der Waals surface area contributed by atoms with E-state index >= 15 is 0 Å². The fourth-order valence-electron chi connectivity index (χ4n) is 3.61. The number of benzene rings is 2. The second kappa shape index (κ2) is 9.69. The van der Waals surface area contributed by atoms with Crippen LogP contribution in [0.25, 0.3) is 42.4 Å². The highest BCUT2D eigenvalue weighted by Gasteiger charge is 2.13. The number of thiophene rings is 3. The molecule has 5 aromatic rings. The average Bonchev–Trinajstić information content (AvgIpc) is 3.43. The molecule has 0 aliphatic heterocycles. The lowest BCUT2D eigenvalue weighted by atomic mass is 10.1. The summed E-state index contributed by atoms with van der Waals surface area (Å²) < 4.78 is 4.28. The van der Waals surface area contributed by atoms with Crippen LogP contribution in [-0.4, -0.2) is 6.26 Å². The highest BCUT2D eigenvalue weighted by atomic mass is 32.2. The average molecular weight is 467 g/mol. The molecule has 4 heteroatoms. The van der Waals surface area contributed by atoms with Crippen LogP contribution in [0.2, 0.25) is 0 Å². The summed E-state index contributed by atoms with van der Waals surface area (Å²) in [6, 6.07) is 17.9. The fraction of sp³-hybridized carbons (Fsp3) is 0.231. The Hall–Kier alpha value is -1.59. The van der Waals surface area contributed by atoms with Crippen molar-refractivity contribution in [3.05, 3.63) is 63.2 Å². The van der Waals surface area contributed by atoms with E-state index in [4.69, 9.17) is 0 Å². The van der Waals surface area contributed by atoms with E-state index in [1.54, 1.807) is 4.88 Å². The Labute approximate surface area is 195 Å². The van der Waals surface area contributed by atoms with E-state index in [-0.39, 0.29) is 0 Å². The van der Waals surface area contributed by atoms with E-state index in [0.29, 0.717) is 0 Å². The molecular formula is C26H26S4. The van der Waals surface area contributed by atoms with Crippen LogP contribution in [0.15, 0.2) is 53.4 Å². The zero-order chi connectivity index (χ0) is 21.1. The molecule has 0 saturated heterocycles. The summed E-state index contributed by atoms with van der Waals surface area (Å²) in [6.07, 6.45) is 9.18. The molecule has 0 unspecified atom stereocenters. The molecule has 3 aromatic heterocycles. The highest BCUT2D eigenvalue weighted by Crippen LogP contribution is 2.43. The Bertz CT molecular complexity index is 1260. The van der Waals surface area contributed by atoms with Crippen LogP contribution in [0.5, 0.6) is 0 Å². The minimum atomic E-state index is 1.20. The van der Waals surface area contributed by atoms with Gasteiger partial charge in [-0.15, -0.1) is 45.8 Å². The molecule has 0 N–H and O–H groups in total. The molecule has 0 aliphatic carbocycles. The molecule has 0 aliphatic rings. The topological polar surface area (TPSA) is 0 Å². The molecule has 30 heavy (non-hydrogen) atoms. The van der Waals surface area contributed by atoms with Gasteiger partial charge in [0.2, 0.25) is 0 Å². The van der Waals surface area contributed by atoms with Crippen molar-refractivity contribution in [2.24, 2.45) is 0 Å². The van der Waals surface area contributed by atoms with Crippen molar-refractivity contribution in [1.82, 2.24) is 0 Å². The molecule has 0 saturated carbocycles. The first-order valence-corrected chi connectivity index (χ1v) is 14.1. The van der Waals surface area contributed by atoms with Gasteiger partial charge in [-0.05, 0) is 65.3 Å². The molecule has 0 radical (unpaired) electrons. The first-order valence-electron chi connectivity index (χ1n) is 10.4. The van der Waals surface area contributed by atoms with E-state index in [1.807, 2.05) is 59.6 Å². The number of rotatable bonds is 5. The summed E-state index contributed by atoms with van der Waals surface area (Å²) in [5, 5.41) is 3.97. The molecule has 0 nitrogen and oxygen atoms in total. The van der Waals surface area contributed by atoms with Crippen molar-refractivity contribution in [2.45, 2.75) is 38.5 Å². The SMILES string of the molecule is CC.CCCc1sc2cc(/C=C/c3cc4cc5ccccc5cc4s3)sc2c1SC. The van der Waals surface area contributed by atoms with Crippen molar-refractivity contribution in [3.8, 4) is 0 Å². The van der Waals surface area contributed by atoms with Gasteiger partial charge in [-0.2, -0.15) is 0 Å². The number of hydrogen-bond acceptors (Lipinski definition) is 4. The van der Waals surface area contributed by atoms with Gasteiger partial charge in [0.1, 0.15) is 0 Å². The summed E-state index contributed by atoms with van der Waals surface area (Å²) in [6.45, 7) is 6.26. The number of fused-ring (bicyclic) bond motifs is 3. The van der Waals surface area contributed by atoms with Crippen LogP contribution in [0.4, 0.5) is 0 Å². The summed E-state index contributed by atoms with van der Waals surface area (Å²) in [7, 11) is 0. The lowest BCUT2D eigenvalue weighted by Crippen LogP contribution is -1.78. The van der Waals surface area contributed by atoms with Gasteiger partial charge in [-0.1, -0.05) is 51.5 Å². The molecule has 0 atom stereocenters. The van der Waals surface area contributed by atoms with Crippen LogP contribution in [0, 0.1) is 0 Å². The maximum Gasteiger partial charge on any atom is 0.0595 e. The molecule has 154 valence electrons. The van der Waals surface area contributed by atoms with Gasteiger partial charge in [-0.3, -0.25) is 0 Å². The van der Waals surface area contributed by atoms with Gasteiger partial charge in [0.25, 0.3) is 0 Å². The van der Waals surface area contributed by atoms with E-state index in [2.05, 4.69) is 73.9 Å². The first kappa shape index (κ1) is 21.6. The van der Waals surface area contributed by atoms with Gasteiger partial charge in [0.15, 0.2) is 0 Å². The normalized spacial score (nSPS) is 11.6. The number of aryl methyl sites for hydroxylation is 1. The third kappa shape index (κ3) is 4.24. The van der Waals surface area contributed by atoms with Crippen molar-refractivity contribution in [3.63, 3.8) is 0 Å². The number of thioether (sulfide) groups is 1. The van der Waals surface area contributed by atoms with Crippen LogP contribution < -0.4 is 0 Å². The van der Waals surface area contributed by atoms with Crippen molar-refractivity contribution in [2.75, 3.05) is 6.26 Å². The van der Waals surface area contributed by atoms with Crippen molar-refractivity contribution < 1.29 is 0 Å². The highest BCUT2D eigenvalue weighted by molar-refractivity contribution is 7.99. The first-order chi connectivity index (χ1) is 14.7. The molecule has 3 heterocycles. The third-order valence-corrected chi connectivity index (χ3v) is 9.53. The zero-order valence-electron chi connectivity index (χ0n) is 17.8. The lowest BCUT2D eigenvalue weighted by molar-refractivity contribution is 0.926. The Kier molecular flexibility index (Phi) is 6.99. The monoisotopic (exact) mass is 466 g/mol. The number of hydrogen-bond donors (Lipinski definition) is 0. The van der Waals surface area contributed by atoms with Crippen LogP contribution >= 0.6 is 45.8 Å². The predicted molar refractivity (Wildman–Crippen MR) is 145 cm³/mol. The Morgan fingerprint density at radius 2 is 1.50 bits per heavy atom.